The molecular formula is C45H53N5OS. The zero-order valence-electron chi connectivity index (χ0n) is 26.4. The zero-order chi connectivity index (χ0) is 31.9. The van der Waals surface area contributed by atoms with Crippen molar-refractivity contribution in [3.05, 3.63) is 146 Å². The minimum absolute atomic E-state index is 0. The maximum atomic E-state index is 5.81. The Balaban J connectivity index is 0.000000201. The highest BCUT2D eigenvalue weighted by Gasteiger charge is 2.20. The van der Waals surface area contributed by atoms with Crippen LogP contribution in [0.2, 0.25) is 0 Å². The molecule has 2 aliphatic rings. The van der Waals surface area contributed by atoms with Crippen molar-refractivity contribution in [3.63, 3.8) is 0 Å². The lowest BCUT2D eigenvalue weighted by molar-refractivity contribution is 0.475. The number of ether oxygens (including phenoxy) is 1. The van der Waals surface area contributed by atoms with Gasteiger partial charge in [0.05, 0.1) is 44.8 Å². The third-order valence-electron chi connectivity index (χ3n) is 8.67. The molecule has 0 N–H and O–H groups in total. The lowest BCUT2D eigenvalue weighted by Crippen LogP contribution is -2.15. The minimum atomic E-state index is 0. The molecule has 6 aromatic carbocycles. The Bertz CT molecular complexity index is 2210. The first-order chi connectivity index (χ1) is 23.1. The third-order valence-corrected chi connectivity index (χ3v) is 9.80. The molecular weight excluding hydrogens is 659 g/mol. The van der Waals surface area contributed by atoms with Crippen molar-refractivity contribution in [1.82, 2.24) is 14.0 Å². The summed E-state index contributed by atoms with van der Waals surface area (Å²) in [5.41, 5.74) is 9.43. The van der Waals surface area contributed by atoms with E-state index in [4.69, 9.17) is 4.74 Å². The number of rotatable bonds is 0. The van der Waals surface area contributed by atoms with E-state index < -0.39 is 0 Å². The van der Waals surface area contributed by atoms with Gasteiger partial charge in [0, 0.05) is 30.9 Å². The average Bonchev–Trinajstić information content (AvgIpc) is 3.64. The smallest absolute Gasteiger partial charge is 0.215 e. The monoisotopic (exact) mass is 711 g/mol. The first kappa shape index (κ1) is 40.8. The molecule has 2 aromatic heterocycles. The number of hydrogen-bond acceptors (Lipinski definition) is 5. The predicted octanol–water partition coefficient (Wildman–Crippen LogP) is 13.6. The van der Waals surface area contributed by atoms with Crippen LogP contribution in [0, 0.1) is 0 Å². The van der Waals surface area contributed by atoms with Gasteiger partial charge in [-0.05, 0) is 72.8 Å². The van der Waals surface area contributed by atoms with E-state index in [1.807, 2.05) is 54.2 Å². The van der Waals surface area contributed by atoms with Gasteiger partial charge in [-0.25, -0.2) is 4.98 Å². The molecule has 270 valence electrons. The van der Waals surface area contributed by atoms with Crippen molar-refractivity contribution in [2.45, 2.75) is 46.9 Å². The number of hydrogen-bond donors (Lipinski definition) is 0. The third kappa shape index (κ3) is 7.10. The normalized spacial score (nSPS) is 11.4. The molecule has 0 amide bonds. The molecule has 4 heterocycles. The first-order valence-corrected chi connectivity index (χ1v) is 16.4. The van der Waals surface area contributed by atoms with Gasteiger partial charge in [-0.2, -0.15) is 0 Å². The van der Waals surface area contributed by atoms with Crippen LogP contribution in [0.4, 0.5) is 22.7 Å². The van der Waals surface area contributed by atoms with Gasteiger partial charge in [-0.15, -0.1) is 0 Å². The molecule has 0 saturated heterocycles. The molecule has 8 aromatic rings. The largest absolute Gasteiger partial charge is 0.453 e. The number of para-hydroxylation sites is 10. The summed E-state index contributed by atoms with van der Waals surface area (Å²) in [7, 11) is 6.24. The van der Waals surface area contributed by atoms with Gasteiger partial charge in [-0.3, -0.25) is 4.40 Å². The van der Waals surface area contributed by atoms with Gasteiger partial charge in [0.25, 0.3) is 0 Å². The Kier molecular flexibility index (Phi) is 13.4. The summed E-state index contributed by atoms with van der Waals surface area (Å²) in [4.78, 5) is 11.7. The van der Waals surface area contributed by atoms with Crippen LogP contribution in [-0.2, 0) is 7.05 Å². The summed E-state index contributed by atoms with van der Waals surface area (Å²) in [6.45, 7) is 0. The highest BCUT2D eigenvalue weighted by atomic mass is 32.2. The van der Waals surface area contributed by atoms with Crippen molar-refractivity contribution in [2.24, 2.45) is 7.05 Å². The molecule has 0 bridgehead atoms. The molecule has 6 nitrogen and oxygen atoms in total. The van der Waals surface area contributed by atoms with E-state index in [2.05, 4.69) is 148 Å². The highest BCUT2D eigenvalue weighted by Crippen LogP contribution is 2.47. The summed E-state index contributed by atoms with van der Waals surface area (Å²) >= 11 is 1.84. The molecule has 0 aliphatic carbocycles. The Morgan fingerprint density at radius 1 is 0.442 bits per heavy atom. The Morgan fingerprint density at radius 3 is 1.40 bits per heavy atom. The first-order valence-electron chi connectivity index (χ1n) is 15.6. The number of anilines is 4. The van der Waals surface area contributed by atoms with Gasteiger partial charge in [0.15, 0.2) is 11.5 Å². The van der Waals surface area contributed by atoms with Crippen LogP contribution in [0.15, 0.2) is 155 Å². The zero-order valence-corrected chi connectivity index (χ0v) is 27.2. The van der Waals surface area contributed by atoms with Crippen LogP contribution in [-0.4, -0.2) is 28.0 Å². The average molecular weight is 712 g/mol. The second-order valence-corrected chi connectivity index (χ2v) is 12.6. The van der Waals surface area contributed by atoms with Crippen LogP contribution >= 0.6 is 11.8 Å². The fourth-order valence-electron chi connectivity index (χ4n) is 6.30. The Morgan fingerprint density at radius 2 is 0.846 bits per heavy atom. The van der Waals surface area contributed by atoms with Crippen LogP contribution in [0.25, 0.3) is 27.8 Å². The number of aryl methyl sites for hydroxylation is 1. The number of aromatic nitrogens is 3. The SMILES string of the molecule is C.C.C.C.C.CN1c2ccccc2Oc2ccccc21.CN1c2ccccc2Sc2ccccc21.Cn1c2ccccc2n2c3ccccc3nc12. The van der Waals surface area contributed by atoms with Gasteiger partial charge < -0.3 is 19.1 Å². The van der Waals surface area contributed by atoms with Crippen molar-refractivity contribution in [1.29, 1.82) is 0 Å². The fourth-order valence-corrected chi connectivity index (χ4v) is 7.45. The maximum absolute atomic E-state index is 5.81. The van der Waals surface area contributed by atoms with Crippen molar-refractivity contribution >= 4 is 62.4 Å². The summed E-state index contributed by atoms with van der Waals surface area (Å²) < 4.78 is 10.2. The van der Waals surface area contributed by atoms with E-state index in [9.17, 15) is 0 Å². The molecule has 0 saturated carbocycles. The quantitative estimate of drug-likeness (QED) is 0.157. The van der Waals surface area contributed by atoms with E-state index in [-0.39, 0.29) is 37.1 Å². The van der Waals surface area contributed by atoms with E-state index in [1.54, 1.807) is 0 Å². The van der Waals surface area contributed by atoms with Gasteiger partial charge in [0.2, 0.25) is 5.78 Å². The summed E-state index contributed by atoms with van der Waals surface area (Å²) in [6, 6.07) is 49.8. The van der Waals surface area contributed by atoms with Gasteiger partial charge >= 0.3 is 0 Å². The van der Waals surface area contributed by atoms with E-state index in [0.29, 0.717) is 0 Å². The second-order valence-electron chi connectivity index (χ2n) is 11.5. The van der Waals surface area contributed by atoms with Gasteiger partial charge in [-0.1, -0.05) is 122 Å². The molecule has 52 heavy (non-hydrogen) atoms. The van der Waals surface area contributed by atoms with Crippen LogP contribution in [0.1, 0.15) is 37.1 Å². The molecule has 0 fully saturated rings. The number of benzene rings is 6. The number of imidazole rings is 2. The molecule has 0 unspecified atom stereocenters. The topological polar surface area (TPSA) is 37.9 Å². The summed E-state index contributed by atoms with van der Waals surface area (Å²) in [6.07, 6.45) is 0. The van der Waals surface area contributed by atoms with Crippen molar-refractivity contribution in [3.8, 4) is 11.5 Å². The molecule has 10 rings (SSSR count). The Labute approximate surface area is 314 Å². The lowest BCUT2D eigenvalue weighted by atomic mass is 10.2. The van der Waals surface area contributed by atoms with E-state index >= 15 is 0 Å². The molecule has 0 spiro atoms. The summed E-state index contributed by atoms with van der Waals surface area (Å²) in [5, 5.41) is 0. The second kappa shape index (κ2) is 17.0. The van der Waals surface area contributed by atoms with Crippen LogP contribution < -0.4 is 14.5 Å². The molecule has 7 heteroatoms. The van der Waals surface area contributed by atoms with Crippen molar-refractivity contribution in [2.75, 3.05) is 23.9 Å². The highest BCUT2D eigenvalue weighted by molar-refractivity contribution is 7.99. The lowest BCUT2D eigenvalue weighted by Gasteiger charge is -2.29. The maximum Gasteiger partial charge on any atom is 0.215 e. The van der Waals surface area contributed by atoms with Crippen LogP contribution in [0.5, 0.6) is 11.5 Å². The molecule has 2 aliphatic heterocycles. The standard InChI is InChI=1S/C14H11N3.C13H11NO.C13H11NS.5CH4/c1-16-12-8-4-5-9-13(12)17-11-7-3-2-6-10(11)15-14(16)17;2*1-14-10-6-2-4-8-12(10)15-13-9-5-3-7-11(13)14;;;;;/h2-9H,1H3;2*2-9H,1H3;5*1H4. The summed E-state index contributed by atoms with van der Waals surface area (Å²) in [5.74, 6) is 2.82. The van der Waals surface area contributed by atoms with E-state index in [1.165, 1.54) is 37.7 Å². The van der Waals surface area contributed by atoms with E-state index in [0.717, 1.165) is 34.2 Å². The predicted molar refractivity (Wildman–Crippen MR) is 229 cm³/mol. The van der Waals surface area contributed by atoms with Crippen LogP contribution in [0.3, 0.4) is 0 Å². The molecule has 0 atom stereocenters. The van der Waals surface area contributed by atoms with Gasteiger partial charge in [0.1, 0.15) is 0 Å². The molecule has 0 radical (unpaired) electrons. The fraction of sp³-hybridized carbons (Fsp3) is 0.178. The Hall–Kier alpha value is -5.66. The number of nitrogens with zero attached hydrogens (tertiary/aromatic N) is 5. The van der Waals surface area contributed by atoms with Crippen molar-refractivity contribution < 1.29 is 4.74 Å². The minimum Gasteiger partial charge on any atom is -0.453 e. The number of fused-ring (bicyclic) bond motifs is 9.